The highest BCUT2D eigenvalue weighted by Gasteiger charge is 2.51. The fraction of sp³-hybridized carbons (Fsp3) is 0.286. The minimum Gasteiger partial charge on any atom is -0.454 e. The summed E-state index contributed by atoms with van der Waals surface area (Å²) in [7, 11) is 3.94. The molecule has 0 radical (unpaired) electrons. The molecule has 2 amide bonds. The predicted molar refractivity (Wildman–Crippen MR) is 135 cm³/mol. The van der Waals surface area contributed by atoms with Crippen LogP contribution in [0.15, 0.2) is 66.7 Å². The van der Waals surface area contributed by atoms with E-state index < -0.39 is 5.41 Å². The van der Waals surface area contributed by atoms with Gasteiger partial charge in [0.2, 0.25) is 12.7 Å². The molecule has 35 heavy (non-hydrogen) atoms. The highest BCUT2D eigenvalue weighted by molar-refractivity contribution is 6.02. The van der Waals surface area contributed by atoms with Gasteiger partial charge >= 0.3 is 0 Å². The number of benzene rings is 3. The number of nitrogens with one attached hydrogen (secondary N) is 2. The van der Waals surface area contributed by atoms with Crippen LogP contribution in [0.25, 0.3) is 11.1 Å². The molecule has 1 fully saturated rings. The summed E-state index contributed by atoms with van der Waals surface area (Å²) in [6.07, 6.45) is 1.60. The first-order chi connectivity index (χ1) is 16.9. The third kappa shape index (κ3) is 4.86. The first kappa shape index (κ1) is 22.9. The minimum absolute atomic E-state index is 0.0155. The molecule has 2 aliphatic rings. The van der Waals surface area contributed by atoms with Gasteiger partial charge in [0.15, 0.2) is 11.5 Å². The maximum absolute atomic E-state index is 13.3. The molecule has 2 N–H and O–H groups in total. The molecule has 7 nitrogen and oxygen atoms in total. The topological polar surface area (TPSA) is 79.9 Å². The first-order valence-corrected chi connectivity index (χ1v) is 11.8. The van der Waals surface area contributed by atoms with Crippen molar-refractivity contribution < 1.29 is 19.1 Å². The lowest BCUT2D eigenvalue weighted by Gasteiger charge is -2.17. The summed E-state index contributed by atoms with van der Waals surface area (Å²) in [5.41, 5.74) is 3.73. The van der Waals surface area contributed by atoms with Crippen molar-refractivity contribution >= 4 is 17.5 Å². The molecule has 0 atom stereocenters. The second-order valence-corrected chi connectivity index (χ2v) is 9.32. The van der Waals surface area contributed by atoms with Gasteiger partial charge in [0.05, 0.1) is 5.41 Å². The third-order valence-corrected chi connectivity index (χ3v) is 6.56. The van der Waals surface area contributed by atoms with Crippen molar-refractivity contribution in [2.24, 2.45) is 0 Å². The molecule has 0 unspecified atom stereocenters. The molecule has 0 aromatic heterocycles. The van der Waals surface area contributed by atoms with Crippen molar-refractivity contribution in [3.63, 3.8) is 0 Å². The van der Waals surface area contributed by atoms with Gasteiger partial charge < -0.3 is 25.0 Å². The van der Waals surface area contributed by atoms with Crippen molar-refractivity contribution in [3.8, 4) is 22.6 Å². The lowest BCUT2D eigenvalue weighted by Crippen LogP contribution is -2.31. The van der Waals surface area contributed by atoms with E-state index in [1.165, 1.54) is 0 Å². The Morgan fingerprint density at radius 2 is 1.69 bits per heavy atom. The monoisotopic (exact) mass is 471 g/mol. The van der Waals surface area contributed by atoms with Crippen LogP contribution in [-0.4, -0.2) is 50.7 Å². The van der Waals surface area contributed by atoms with Crippen LogP contribution < -0.4 is 20.1 Å². The second kappa shape index (κ2) is 9.43. The Kier molecular flexibility index (Phi) is 6.17. The molecule has 180 valence electrons. The van der Waals surface area contributed by atoms with Crippen LogP contribution >= 0.6 is 0 Å². The summed E-state index contributed by atoms with van der Waals surface area (Å²) in [6, 6.07) is 21.0. The highest BCUT2D eigenvalue weighted by Crippen LogP contribution is 2.51. The number of ether oxygens (including phenoxy) is 2. The third-order valence-electron chi connectivity index (χ3n) is 6.56. The second-order valence-electron chi connectivity index (χ2n) is 9.32. The first-order valence-electron chi connectivity index (χ1n) is 11.8. The molecule has 1 saturated carbocycles. The molecule has 3 aromatic carbocycles. The van der Waals surface area contributed by atoms with Gasteiger partial charge in [-0.1, -0.05) is 30.3 Å². The van der Waals surface area contributed by atoms with Gasteiger partial charge in [-0.15, -0.1) is 0 Å². The fourth-order valence-electron chi connectivity index (χ4n) is 4.30. The SMILES string of the molecule is CN(C)CCNC(=O)c1ccc(-c2cccc(NC(=O)C3(c4ccc5c(c4)OCO5)CC3)c2)cc1. The summed E-state index contributed by atoms with van der Waals surface area (Å²) < 4.78 is 10.9. The Morgan fingerprint density at radius 1 is 0.914 bits per heavy atom. The van der Waals surface area contributed by atoms with Crippen molar-refractivity contribution in [3.05, 3.63) is 77.9 Å². The maximum atomic E-state index is 13.3. The average molecular weight is 472 g/mol. The van der Waals surface area contributed by atoms with Gasteiger partial charge in [0.25, 0.3) is 5.91 Å². The minimum atomic E-state index is -0.529. The zero-order chi connectivity index (χ0) is 24.4. The Hall–Kier alpha value is -3.84. The van der Waals surface area contributed by atoms with Gasteiger partial charge in [-0.3, -0.25) is 9.59 Å². The number of carbonyl (C=O) groups excluding carboxylic acids is 2. The van der Waals surface area contributed by atoms with Gasteiger partial charge in [0, 0.05) is 24.3 Å². The Labute approximate surface area is 205 Å². The number of likely N-dealkylation sites (N-methyl/N-ethyl adjacent to an activating group) is 1. The van der Waals surface area contributed by atoms with Gasteiger partial charge in [-0.2, -0.15) is 0 Å². The Bertz CT molecular complexity index is 1250. The molecule has 1 aliphatic heterocycles. The molecule has 1 aliphatic carbocycles. The van der Waals surface area contributed by atoms with Crippen LogP contribution in [-0.2, 0) is 10.2 Å². The zero-order valence-electron chi connectivity index (χ0n) is 20.0. The van der Waals surface area contributed by atoms with Gasteiger partial charge in [-0.05, 0) is 80.0 Å². The van der Waals surface area contributed by atoms with Crippen LogP contribution in [0.2, 0.25) is 0 Å². The Balaban J connectivity index is 1.26. The number of carbonyl (C=O) groups is 2. The van der Waals surface area contributed by atoms with Crippen LogP contribution in [0.4, 0.5) is 5.69 Å². The zero-order valence-corrected chi connectivity index (χ0v) is 20.0. The van der Waals surface area contributed by atoms with Crippen LogP contribution in [0.3, 0.4) is 0 Å². The number of anilines is 1. The largest absolute Gasteiger partial charge is 0.454 e. The van der Waals surface area contributed by atoms with E-state index in [0.29, 0.717) is 17.9 Å². The average Bonchev–Trinajstić information content (AvgIpc) is 3.55. The van der Waals surface area contributed by atoms with Crippen molar-refractivity contribution in [1.29, 1.82) is 0 Å². The number of fused-ring (bicyclic) bond motifs is 1. The van der Waals surface area contributed by atoms with E-state index >= 15 is 0 Å². The molecule has 5 rings (SSSR count). The van der Waals surface area contributed by atoms with Gasteiger partial charge in [-0.25, -0.2) is 0 Å². The number of rotatable bonds is 8. The molecule has 0 saturated heterocycles. The maximum Gasteiger partial charge on any atom is 0.251 e. The van der Waals surface area contributed by atoms with Crippen molar-refractivity contribution in [2.45, 2.75) is 18.3 Å². The van der Waals surface area contributed by atoms with E-state index in [4.69, 9.17) is 9.47 Å². The van der Waals surface area contributed by atoms with Gasteiger partial charge in [0.1, 0.15) is 0 Å². The molecule has 1 heterocycles. The van der Waals surface area contributed by atoms with Crippen LogP contribution in [0.5, 0.6) is 11.5 Å². The van der Waals surface area contributed by atoms with E-state index in [2.05, 4.69) is 10.6 Å². The Morgan fingerprint density at radius 3 is 2.43 bits per heavy atom. The van der Waals surface area contributed by atoms with Crippen LogP contribution in [0.1, 0.15) is 28.8 Å². The number of amides is 2. The highest BCUT2D eigenvalue weighted by atomic mass is 16.7. The standard InChI is InChI=1S/C28H29N3O4/c1-31(2)15-14-29-26(32)20-8-6-19(7-9-20)21-4-3-5-23(16-21)30-27(33)28(12-13-28)22-10-11-24-25(17-22)35-18-34-24/h3-11,16-17H,12-15,18H2,1-2H3,(H,29,32)(H,30,33). The molecule has 7 heteroatoms. The summed E-state index contributed by atoms with van der Waals surface area (Å²) in [6.45, 7) is 1.61. The lowest BCUT2D eigenvalue weighted by atomic mass is 9.94. The fourth-order valence-corrected chi connectivity index (χ4v) is 4.30. The quantitative estimate of drug-likeness (QED) is 0.518. The van der Waals surface area contributed by atoms with Crippen molar-refractivity contribution in [2.75, 3.05) is 39.3 Å². The van der Waals surface area contributed by atoms with E-state index in [1.807, 2.05) is 85.7 Å². The normalized spacial score (nSPS) is 15.1. The summed E-state index contributed by atoms with van der Waals surface area (Å²) in [4.78, 5) is 27.6. The molecule has 3 aromatic rings. The molecule has 0 bridgehead atoms. The van der Waals surface area contributed by atoms with E-state index in [-0.39, 0.29) is 18.6 Å². The lowest BCUT2D eigenvalue weighted by molar-refractivity contribution is -0.118. The van der Waals surface area contributed by atoms with E-state index in [9.17, 15) is 9.59 Å². The van der Waals surface area contributed by atoms with Crippen molar-refractivity contribution in [1.82, 2.24) is 10.2 Å². The summed E-state index contributed by atoms with van der Waals surface area (Å²) >= 11 is 0. The summed E-state index contributed by atoms with van der Waals surface area (Å²) in [5.74, 6) is 1.31. The van der Waals surface area contributed by atoms with Crippen LogP contribution in [0, 0.1) is 0 Å². The number of nitrogens with zero attached hydrogens (tertiary/aromatic N) is 1. The van der Waals surface area contributed by atoms with E-state index in [0.717, 1.165) is 47.5 Å². The number of hydrogen-bond acceptors (Lipinski definition) is 5. The van der Waals surface area contributed by atoms with E-state index in [1.54, 1.807) is 0 Å². The molecular weight excluding hydrogens is 442 g/mol. The summed E-state index contributed by atoms with van der Waals surface area (Å²) in [5, 5.41) is 6.03. The molecule has 0 spiro atoms. The smallest absolute Gasteiger partial charge is 0.251 e. The predicted octanol–water partition coefficient (Wildman–Crippen LogP) is 4.04. The number of hydrogen-bond donors (Lipinski definition) is 2. The molecular formula is C28H29N3O4.